The summed E-state index contributed by atoms with van der Waals surface area (Å²) in [6, 6.07) is 10.7. The minimum atomic E-state index is 0.325. The zero-order valence-electron chi connectivity index (χ0n) is 16.1. The van der Waals surface area contributed by atoms with Crippen LogP contribution in [0.5, 0.6) is 0 Å². The van der Waals surface area contributed by atoms with Crippen LogP contribution in [0.3, 0.4) is 0 Å². The van der Waals surface area contributed by atoms with E-state index in [2.05, 4.69) is 46.5 Å². The molecule has 0 bridgehead atoms. The number of ether oxygens (including phenoxy) is 1. The molecule has 2 N–H and O–H groups in total. The normalized spacial score (nSPS) is 16.9. The van der Waals surface area contributed by atoms with E-state index >= 15 is 0 Å². The van der Waals surface area contributed by atoms with Crippen LogP contribution in [0, 0.1) is 6.92 Å². The summed E-state index contributed by atoms with van der Waals surface area (Å²) >= 11 is 1.87. The van der Waals surface area contributed by atoms with Gasteiger partial charge in [0.15, 0.2) is 5.96 Å². The van der Waals surface area contributed by atoms with E-state index in [9.17, 15) is 0 Å². The summed E-state index contributed by atoms with van der Waals surface area (Å²) in [6.45, 7) is 9.98. The van der Waals surface area contributed by atoms with Gasteiger partial charge in [-0.15, -0.1) is 11.3 Å². The molecule has 3 heterocycles. The summed E-state index contributed by atoms with van der Waals surface area (Å²) in [4.78, 5) is 14.3. The topological polar surface area (TPSA) is 61.8 Å². The van der Waals surface area contributed by atoms with Gasteiger partial charge in [0.2, 0.25) is 0 Å². The van der Waals surface area contributed by atoms with Crippen molar-refractivity contribution in [1.82, 2.24) is 20.5 Å². The van der Waals surface area contributed by atoms with Gasteiger partial charge in [0.1, 0.15) is 0 Å². The van der Waals surface area contributed by atoms with Crippen LogP contribution in [-0.2, 0) is 11.3 Å². The first kappa shape index (κ1) is 19.8. The second kappa shape index (κ2) is 10.4. The first-order valence-electron chi connectivity index (χ1n) is 9.56. The minimum absolute atomic E-state index is 0.325. The van der Waals surface area contributed by atoms with E-state index in [0.29, 0.717) is 12.6 Å². The van der Waals surface area contributed by atoms with Crippen molar-refractivity contribution < 1.29 is 4.74 Å². The number of aryl methyl sites for hydroxylation is 1. The summed E-state index contributed by atoms with van der Waals surface area (Å²) in [5.74, 6) is 0.828. The number of nitrogens with zero attached hydrogens (tertiary/aromatic N) is 3. The van der Waals surface area contributed by atoms with Crippen LogP contribution in [0.1, 0.15) is 28.4 Å². The first-order valence-corrected chi connectivity index (χ1v) is 10.4. The highest BCUT2D eigenvalue weighted by Gasteiger charge is 2.24. The average Bonchev–Trinajstić information content (AvgIpc) is 3.14. The van der Waals surface area contributed by atoms with Gasteiger partial charge in [-0.3, -0.25) is 9.88 Å². The highest BCUT2D eigenvalue weighted by atomic mass is 32.1. The molecular weight excluding hydrogens is 358 g/mol. The Labute approximate surface area is 165 Å². The number of aliphatic imine (C=N–C) groups is 1. The molecule has 0 aliphatic carbocycles. The Morgan fingerprint density at radius 3 is 2.78 bits per heavy atom. The third kappa shape index (κ3) is 6.02. The SMILES string of the molecule is CCNC(=NCc1ccccn1)NCC(c1ccc(C)s1)N1CCOCC1. The van der Waals surface area contributed by atoms with Gasteiger partial charge in [-0.05, 0) is 38.1 Å². The van der Waals surface area contributed by atoms with Crippen molar-refractivity contribution in [2.24, 2.45) is 4.99 Å². The monoisotopic (exact) mass is 387 g/mol. The van der Waals surface area contributed by atoms with Gasteiger partial charge in [0, 0.05) is 42.1 Å². The van der Waals surface area contributed by atoms with Gasteiger partial charge in [-0.1, -0.05) is 6.07 Å². The molecule has 1 fully saturated rings. The zero-order chi connectivity index (χ0) is 18.9. The van der Waals surface area contributed by atoms with Crippen LogP contribution < -0.4 is 10.6 Å². The Kier molecular flexibility index (Phi) is 7.62. The van der Waals surface area contributed by atoms with Gasteiger partial charge < -0.3 is 15.4 Å². The predicted octanol–water partition coefficient (Wildman–Crippen LogP) is 2.58. The van der Waals surface area contributed by atoms with E-state index in [1.54, 1.807) is 6.20 Å². The molecule has 3 rings (SSSR count). The van der Waals surface area contributed by atoms with Gasteiger partial charge in [-0.2, -0.15) is 0 Å². The Hall–Kier alpha value is -1.96. The lowest BCUT2D eigenvalue weighted by molar-refractivity contribution is 0.0177. The molecule has 0 aromatic carbocycles. The maximum Gasteiger partial charge on any atom is 0.191 e. The lowest BCUT2D eigenvalue weighted by Crippen LogP contribution is -2.46. The number of rotatable bonds is 7. The highest BCUT2D eigenvalue weighted by molar-refractivity contribution is 7.12. The molecule has 27 heavy (non-hydrogen) atoms. The van der Waals surface area contributed by atoms with Gasteiger partial charge in [-0.25, -0.2) is 4.99 Å². The summed E-state index contributed by atoms with van der Waals surface area (Å²) < 4.78 is 5.54. The second-order valence-electron chi connectivity index (χ2n) is 6.51. The van der Waals surface area contributed by atoms with Crippen LogP contribution in [-0.4, -0.2) is 55.2 Å². The molecular formula is C20H29N5OS. The maximum atomic E-state index is 5.54. The van der Waals surface area contributed by atoms with Crippen LogP contribution in [0.25, 0.3) is 0 Å². The Bertz CT molecular complexity index is 712. The summed E-state index contributed by atoms with van der Waals surface area (Å²) in [6.07, 6.45) is 1.80. The van der Waals surface area contributed by atoms with Crippen molar-refractivity contribution in [2.75, 3.05) is 39.4 Å². The lowest BCUT2D eigenvalue weighted by atomic mass is 10.2. The zero-order valence-corrected chi connectivity index (χ0v) is 17.0. The van der Waals surface area contributed by atoms with E-state index in [4.69, 9.17) is 9.73 Å². The summed E-state index contributed by atoms with van der Waals surface area (Å²) in [5, 5.41) is 6.87. The standard InChI is InChI=1S/C20H29N5OS/c1-3-21-20(23-14-17-6-4-5-9-22-17)24-15-18(19-8-7-16(2)27-19)25-10-12-26-13-11-25/h4-9,18H,3,10-15H2,1-2H3,(H2,21,23,24). The number of pyridine rings is 1. The molecule has 0 spiro atoms. The quantitative estimate of drug-likeness (QED) is 0.565. The number of thiophene rings is 1. The Balaban J connectivity index is 1.67. The van der Waals surface area contributed by atoms with E-state index in [-0.39, 0.29) is 0 Å². The first-order chi connectivity index (χ1) is 13.3. The number of morpholine rings is 1. The Morgan fingerprint density at radius 1 is 1.26 bits per heavy atom. The number of nitrogens with one attached hydrogen (secondary N) is 2. The van der Waals surface area contributed by atoms with Crippen molar-refractivity contribution >= 4 is 17.3 Å². The maximum absolute atomic E-state index is 5.54. The number of aromatic nitrogens is 1. The smallest absolute Gasteiger partial charge is 0.191 e. The largest absolute Gasteiger partial charge is 0.379 e. The fourth-order valence-electron chi connectivity index (χ4n) is 3.12. The van der Waals surface area contributed by atoms with E-state index in [0.717, 1.165) is 51.0 Å². The third-order valence-electron chi connectivity index (χ3n) is 4.51. The molecule has 6 nitrogen and oxygen atoms in total. The van der Waals surface area contributed by atoms with Gasteiger partial charge >= 0.3 is 0 Å². The minimum Gasteiger partial charge on any atom is -0.379 e. The lowest BCUT2D eigenvalue weighted by Gasteiger charge is -2.34. The molecule has 7 heteroatoms. The van der Waals surface area contributed by atoms with Crippen molar-refractivity contribution in [3.05, 3.63) is 52.0 Å². The highest BCUT2D eigenvalue weighted by Crippen LogP contribution is 2.27. The van der Waals surface area contributed by atoms with Crippen LogP contribution in [0.15, 0.2) is 41.5 Å². The number of hydrogen-bond acceptors (Lipinski definition) is 5. The number of hydrogen-bond donors (Lipinski definition) is 2. The fraction of sp³-hybridized carbons (Fsp3) is 0.500. The molecule has 1 unspecified atom stereocenters. The van der Waals surface area contributed by atoms with Gasteiger partial charge in [0.25, 0.3) is 0 Å². The molecule has 2 aromatic rings. The van der Waals surface area contributed by atoms with Crippen molar-refractivity contribution in [3.63, 3.8) is 0 Å². The molecule has 0 radical (unpaired) electrons. The molecule has 146 valence electrons. The van der Waals surface area contributed by atoms with Crippen molar-refractivity contribution in [2.45, 2.75) is 26.4 Å². The summed E-state index contributed by atoms with van der Waals surface area (Å²) in [7, 11) is 0. The van der Waals surface area contributed by atoms with Crippen molar-refractivity contribution in [3.8, 4) is 0 Å². The molecule has 2 aromatic heterocycles. The molecule has 1 aliphatic heterocycles. The van der Waals surface area contributed by atoms with Crippen LogP contribution in [0.4, 0.5) is 0 Å². The Morgan fingerprint density at radius 2 is 2.11 bits per heavy atom. The van der Waals surface area contributed by atoms with E-state index in [1.165, 1.54) is 9.75 Å². The third-order valence-corrected chi connectivity index (χ3v) is 5.61. The van der Waals surface area contributed by atoms with E-state index in [1.807, 2.05) is 29.5 Å². The second-order valence-corrected chi connectivity index (χ2v) is 7.83. The number of guanidine groups is 1. The summed E-state index contributed by atoms with van der Waals surface area (Å²) in [5.41, 5.74) is 0.966. The molecule has 0 saturated carbocycles. The van der Waals surface area contributed by atoms with Crippen LogP contribution in [0.2, 0.25) is 0 Å². The van der Waals surface area contributed by atoms with Crippen LogP contribution >= 0.6 is 11.3 Å². The molecule has 1 saturated heterocycles. The fourth-order valence-corrected chi connectivity index (χ4v) is 4.13. The molecule has 1 aliphatic rings. The van der Waals surface area contributed by atoms with Crippen molar-refractivity contribution in [1.29, 1.82) is 0 Å². The average molecular weight is 388 g/mol. The van der Waals surface area contributed by atoms with E-state index < -0.39 is 0 Å². The van der Waals surface area contributed by atoms with Gasteiger partial charge in [0.05, 0.1) is 31.5 Å². The predicted molar refractivity (Wildman–Crippen MR) is 111 cm³/mol. The molecule has 1 atom stereocenters. The molecule has 0 amide bonds.